The fraction of sp³-hybridized carbons (Fsp3) is 0.500. The maximum absolute atomic E-state index is 13.4. The van der Waals surface area contributed by atoms with E-state index in [0.29, 0.717) is 49.0 Å². The molecule has 0 bridgehead atoms. The quantitative estimate of drug-likeness (QED) is 0.734. The van der Waals surface area contributed by atoms with E-state index < -0.39 is 0 Å². The third-order valence-electron chi connectivity index (χ3n) is 6.05. The Labute approximate surface area is 183 Å². The van der Waals surface area contributed by atoms with E-state index in [4.69, 9.17) is 14.7 Å². The molecule has 0 spiro atoms. The minimum absolute atomic E-state index is 0.0750. The Morgan fingerprint density at radius 3 is 2.74 bits per heavy atom. The van der Waals surface area contributed by atoms with Gasteiger partial charge in [-0.05, 0) is 44.2 Å². The van der Waals surface area contributed by atoms with Gasteiger partial charge in [-0.1, -0.05) is 26.0 Å². The summed E-state index contributed by atoms with van der Waals surface area (Å²) in [5.41, 5.74) is 2.49. The molecular weight excluding hydrogens is 392 g/mol. The third-order valence-corrected chi connectivity index (χ3v) is 6.05. The highest BCUT2D eigenvalue weighted by Crippen LogP contribution is 2.36. The summed E-state index contributed by atoms with van der Waals surface area (Å²) in [6.07, 6.45) is 2.85. The van der Waals surface area contributed by atoms with E-state index in [1.165, 1.54) is 0 Å². The van der Waals surface area contributed by atoms with Crippen molar-refractivity contribution in [2.45, 2.75) is 52.5 Å². The Morgan fingerprint density at radius 1 is 1.23 bits per heavy atom. The van der Waals surface area contributed by atoms with Crippen LogP contribution in [0.25, 0.3) is 0 Å². The molecule has 31 heavy (non-hydrogen) atoms. The number of hydrogen-bond acceptors (Lipinski definition) is 5. The molecule has 2 amide bonds. The molecule has 0 aliphatic carbocycles. The number of carbonyl (C=O) groups is 2. The number of carbonyl (C=O) groups excluding carboxylic acids is 2. The van der Waals surface area contributed by atoms with E-state index in [2.05, 4.69) is 13.8 Å². The highest BCUT2D eigenvalue weighted by Gasteiger charge is 2.36. The fourth-order valence-corrected chi connectivity index (χ4v) is 4.56. The van der Waals surface area contributed by atoms with Crippen molar-refractivity contribution < 1.29 is 14.3 Å². The number of aromatic nitrogens is 2. The molecule has 2 aromatic rings. The lowest BCUT2D eigenvalue weighted by molar-refractivity contribution is -0.119. The number of anilines is 1. The van der Waals surface area contributed by atoms with Gasteiger partial charge < -0.3 is 9.64 Å². The molecule has 0 saturated carbocycles. The standard InChI is InChI=1S/C24H30N4O3/c1-15(2)14-28-21(29)12-11-17-16(3)25-22(26-23(17)28)19-9-7-13-27(19)24(30)18-8-5-6-10-20(18)31-4/h5-6,8,10,15,19H,7,9,11-14H2,1-4H3/t19-/m1/s1. The first-order valence-electron chi connectivity index (χ1n) is 11.0. The van der Waals surface area contributed by atoms with Crippen LogP contribution in [0.2, 0.25) is 0 Å². The average Bonchev–Trinajstić information content (AvgIpc) is 3.25. The van der Waals surface area contributed by atoms with Gasteiger partial charge in [0, 0.05) is 30.8 Å². The highest BCUT2D eigenvalue weighted by molar-refractivity contribution is 5.97. The molecule has 1 atom stereocenters. The molecule has 1 aromatic heterocycles. The van der Waals surface area contributed by atoms with Crippen molar-refractivity contribution in [2.24, 2.45) is 5.92 Å². The fourth-order valence-electron chi connectivity index (χ4n) is 4.56. The van der Waals surface area contributed by atoms with Crippen molar-refractivity contribution in [3.8, 4) is 5.75 Å². The third kappa shape index (κ3) is 4.01. The lowest BCUT2D eigenvalue weighted by Gasteiger charge is -2.32. The number of para-hydroxylation sites is 1. The summed E-state index contributed by atoms with van der Waals surface area (Å²) in [5, 5.41) is 0. The second-order valence-corrected chi connectivity index (χ2v) is 8.72. The first-order chi connectivity index (χ1) is 14.9. The number of aryl methyl sites for hydroxylation is 1. The van der Waals surface area contributed by atoms with Crippen LogP contribution in [-0.4, -0.2) is 46.9 Å². The van der Waals surface area contributed by atoms with Crippen molar-refractivity contribution >= 4 is 17.6 Å². The lowest BCUT2D eigenvalue weighted by atomic mass is 10.0. The lowest BCUT2D eigenvalue weighted by Crippen LogP contribution is -2.40. The number of rotatable bonds is 5. The minimum atomic E-state index is -0.209. The second-order valence-electron chi connectivity index (χ2n) is 8.72. The van der Waals surface area contributed by atoms with Crippen LogP contribution in [0.1, 0.15) is 66.6 Å². The molecule has 0 N–H and O–H groups in total. The largest absolute Gasteiger partial charge is 0.496 e. The smallest absolute Gasteiger partial charge is 0.258 e. The molecule has 2 aliphatic heterocycles. The van der Waals surface area contributed by atoms with Crippen LogP contribution in [0.5, 0.6) is 5.75 Å². The van der Waals surface area contributed by atoms with Crippen molar-refractivity contribution in [3.63, 3.8) is 0 Å². The van der Waals surface area contributed by atoms with E-state index in [-0.39, 0.29) is 17.9 Å². The summed E-state index contributed by atoms with van der Waals surface area (Å²) in [6, 6.07) is 7.08. The van der Waals surface area contributed by atoms with Gasteiger partial charge in [0.15, 0.2) is 5.82 Å². The van der Waals surface area contributed by atoms with Gasteiger partial charge in [0.25, 0.3) is 5.91 Å². The van der Waals surface area contributed by atoms with Gasteiger partial charge in [-0.2, -0.15) is 0 Å². The van der Waals surface area contributed by atoms with Crippen molar-refractivity contribution in [2.75, 3.05) is 25.1 Å². The molecule has 4 rings (SSSR count). The molecule has 164 valence electrons. The number of fused-ring (bicyclic) bond motifs is 1. The van der Waals surface area contributed by atoms with Crippen LogP contribution in [0.3, 0.4) is 0 Å². The monoisotopic (exact) mass is 422 g/mol. The van der Waals surface area contributed by atoms with E-state index >= 15 is 0 Å². The summed E-state index contributed by atoms with van der Waals surface area (Å²) in [4.78, 5) is 39.4. The summed E-state index contributed by atoms with van der Waals surface area (Å²) in [7, 11) is 1.57. The van der Waals surface area contributed by atoms with Gasteiger partial charge in [-0.25, -0.2) is 9.97 Å². The predicted molar refractivity (Wildman–Crippen MR) is 118 cm³/mol. The van der Waals surface area contributed by atoms with Crippen LogP contribution >= 0.6 is 0 Å². The zero-order valence-electron chi connectivity index (χ0n) is 18.7. The maximum Gasteiger partial charge on any atom is 0.258 e. The molecule has 1 aromatic carbocycles. The van der Waals surface area contributed by atoms with E-state index in [9.17, 15) is 9.59 Å². The van der Waals surface area contributed by atoms with Gasteiger partial charge in [-0.15, -0.1) is 0 Å². The number of nitrogens with zero attached hydrogens (tertiary/aromatic N) is 4. The Bertz CT molecular complexity index is 1000. The second kappa shape index (κ2) is 8.65. The van der Waals surface area contributed by atoms with Crippen LogP contribution in [0, 0.1) is 12.8 Å². The predicted octanol–water partition coefficient (Wildman–Crippen LogP) is 3.71. The molecule has 1 fully saturated rings. The zero-order chi connectivity index (χ0) is 22.1. The summed E-state index contributed by atoms with van der Waals surface area (Å²) in [6.45, 7) is 7.46. The molecule has 3 heterocycles. The van der Waals surface area contributed by atoms with E-state index in [1.54, 1.807) is 19.2 Å². The highest BCUT2D eigenvalue weighted by atomic mass is 16.5. The summed E-state index contributed by atoms with van der Waals surface area (Å²) >= 11 is 0. The summed E-state index contributed by atoms with van der Waals surface area (Å²) < 4.78 is 5.40. The minimum Gasteiger partial charge on any atom is -0.496 e. The molecule has 2 aliphatic rings. The topological polar surface area (TPSA) is 75.6 Å². The normalized spacial score (nSPS) is 18.5. The number of ether oxygens (including phenoxy) is 1. The van der Waals surface area contributed by atoms with Crippen LogP contribution in [0.15, 0.2) is 24.3 Å². The Balaban J connectivity index is 1.71. The van der Waals surface area contributed by atoms with Crippen molar-refractivity contribution in [1.82, 2.24) is 14.9 Å². The molecule has 0 unspecified atom stereocenters. The van der Waals surface area contributed by atoms with Gasteiger partial charge in [0.05, 0.1) is 18.7 Å². The molecular formula is C24H30N4O3. The van der Waals surface area contributed by atoms with Crippen molar-refractivity contribution in [1.29, 1.82) is 0 Å². The number of methoxy groups -OCH3 is 1. The van der Waals surface area contributed by atoms with Gasteiger partial charge in [0.2, 0.25) is 5.91 Å². The molecule has 1 saturated heterocycles. The van der Waals surface area contributed by atoms with Gasteiger partial charge in [-0.3, -0.25) is 14.5 Å². The molecule has 0 radical (unpaired) electrons. The Hall–Kier alpha value is -2.96. The molecule has 7 heteroatoms. The van der Waals surface area contributed by atoms with Crippen molar-refractivity contribution in [3.05, 3.63) is 46.9 Å². The first kappa shape index (κ1) is 21.3. The number of benzene rings is 1. The zero-order valence-corrected chi connectivity index (χ0v) is 18.7. The maximum atomic E-state index is 13.4. The SMILES string of the molecule is COc1ccccc1C(=O)N1CCC[C@@H]1c1nc(C)c2c(n1)N(CC(C)C)C(=O)CC2. The summed E-state index contributed by atoms with van der Waals surface area (Å²) in [5.74, 6) is 2.29. The van der Waals surface area contributed by atoms with E-state index in [0.717, 1.165) is 29.9 Å². The Morgan fingerprint density at radius 2 is 2.00 bits per heavy atom. The number of amides is 2. The van der Waals surface area contributed by atoms with Gasteiger partial charge >= 0.3 is 0 Å². The average molecular weight is 423 g/mol. The molecule has 7 nitrogen and oxygen atoms in total. The van der Waals surface area contributed by atoms with Crippen LogP contribution < -0.4 is 9.64 Å². The van der Waals surface area contributed by atoms with Gasteiger partial charge in [0.1, 0.15) is 11.6 Å². The van der Waals surface area contributed by atoms with Crippen LogP contribution in [0.4, 0.5) is 5.82 Å². The first-order valence-corrected chi connectivity index (χ1v) is 11.0. The Kier molecular flexibility index (Phi) is 5.94. The van der Waals surface area contributed by atoms with Crippen LogP contribution in [-0.2, 0) is 11.2 Å². The number of likely N-dealkylation sites (tertiary alicyclic amines) is 1. The van der Waals surface area contributed by atoms with E-state index in [1.807, 2.05) is 28.9 Å². The number of hydrogen-bond donors (Lipinski definition) is 0.